The minimum Gasteiger partial charge on any atom is -0.481 e. The largest absolute Gasteiger partial charge is 0.481 e. The third-order valence-corrected chi connectivity index (χ3v) is 4.90. The first-order valence-corrected chi connectivity index (χ1v) is 8.70. The van der Waals surface area contributed by atoms with Gasteiger partial charge in [-0.2, -0.15) is 0 Å². The van der Waals surface area contributed by atoms with Crippen LogP contribution in [-0.4, -0.2) is 28.5 Å². The van der Waals surface area contributed by atoms with Crippen LogP contribution in [0.15, 0.2) is 66.3 Å². The van der Waals surface area contributed by atoms with Crippen LogP contribution in [0.5, 0.6) is 0 Å². The van der Waals surface area contributed by atoms with Gasteiger partial charge in [-0.1, -0.05) is 42.5 Å². The Morgan fingerprint density at radius 3 is 2.25 bits per heavy atom. The number of ketones is 2. The van der Waals surface area contributed by atoms with Gasteiger partial charge in [-0.15, -0.1) is 0 Å². The standard InChI is InChI=1S/C22H15NO5/c24-19-13-5-1-2-6-14(13)20(25)18-11-12(9-10-15(18)19)23-21(26)16-7-3-4-8-17(16)22(27)28/h1-7,9-11,17H,8H2,(H,23,26)(H,27,28). The van der Waals surface area contributed by atoms with E-state index in [-0.39, 0.29) is 34.7 Å². The number of carbonyl (C=O) groups is 4. The van der Waals surface area contributed by atoms with Gasteiger partial charge >= 0.3 is 5.97 Å². The molecule has 0 heterocycles. The van der Waals surface area contributed by atoms with E-state index in [2.05, 4.69) is 5.32 Å². The van der Waals surface area contributed by atoms with E-state index < -0.39 is 17.8 Å². The molecule has 1 amide bonds. The third-order valence-electron chi connectivity index (χ3n) is 4.90. The zero-order chi connectivity index (χ0) is 19.8. The second-order valence-corrected chi connectivity index (χ2v) is 6.60. The number of hydrogen-bond acceptors (Lipinski definition) is 4. The lowest BCUT2D eigenvalue weighted by Gasteiger charge is -2.19. The predicted molar refractivity (Wildman–Crippen MR) is 101 cm³/mol. The maximum absolute atomic E-state index is 12.8. The summed E-state index contributed by atoms with van der Waals surface area (Å²) in [6, 6.07) is 11.1. The van der Waals surface area contributed by atoms with Crippen LogP contribution in [0.25, 0.3) is 0 Å². The van der Waals surface area contributed by atoms with Gasteiger partial charge < -0.3 is 10.4 Å². The summed E-state index contributed by atoms with van der Waals surface area (Å²) >= 11 is 0. The second-order valence-electron chi connectivity index (χ2n) is 6.60. The molecule has 28 heavy (non-hydrogen) atoms. The maximum atomic E-state index is 12.8. The molecule has 0 aliphatic heterocycles. The molecular formula is C22H15NO5. The van der Waals surface area contributed by atoms with Crippen LogP contribution >= 0.6 is 0 Å². The number of hydrogen-bond donors (Lipinski definition) is 2. The van der Waals surface area contributed by atoms with Gasteiger partial charge in [0.2, 0.25) is 0 Å². The minimum absolute atomic E-state index is 0.139. The number of carboxylic acids is 1. The number of anilines is 1. The van der Waals surface area contributed by atoms with Gasteiger partial charge in [0.25, 0.3) is 5.91 Å². The zero-order valence-electron chi connectivity index (χ0n) is 14.6. The van der Waals surface area contributed by atoms with Crippen LogP contribution < -0.4 is 5.32 Å². The number of aliphatic carboxylic acids is 1. The van der Waals surface area contributed by atoms with E-state index in [0.717, 1.165) is 0 Å². The van der Waals surface area contributed by atoms with Gasteiger partial charge in [0.1, 0.15) is 0 Å². The number of rotatable bonds is 3. The molecule has 0 aromatic heterocycles. The molecule has 2 aromatic carbocycles. The Morgan fingerprint density at radius 2 is 1.57 bits per heavy atom. The molecule has 2 N–H and O–H groups in total. The number of fused-ring (bicyclic) bond motifs is 2. The normalized spacial score (nSPS) is 17.4. The molecule has 0 saturated carbocycles. The fourth-order valence-electron chi connectivity index (χ4n) is 3.48. The summed E-state index contributed by atoms with van der Waals surface area (Å²) in [5.41, 5.74) is 1.65. The highest BCUT2D eigenvalue weighted by Crippen LogP contribution is 2.30. The lowest BCUT2D eigenvalue weighted by Crippen LogP contribution is -2.27. The Morgan fingerprint density at radius 1 is 0.929 bits per heavy atom. The smallest absolute Gasteiger partial charge is 0.311 e. The number of benzene rings is 2. The van der Waals surface area contributed by atoms with Gasteiger partial charge in [-0.25, -0.2) is 0 Å². The van der Waals surface area contributed by atoms with E-state index in [4.69, 9.17) is 0 Å². The van der Waals surface area contributed by atoms with E-state index in [9.17, 15) is 24.3 Å². The number of allylic oxidation sites excluding steroid dienone is 3. The Bertz CT molecular complexity index is 1110. The number of carbonyl (C=O) groups excluding carboxylic acids is 3. The van der Waals surface area contributed by atoms with Crippen molar-refractivity contribution < 1.29 is 24.3 Å². The molecule has 6 heteroatoms. The molecule has 0 spiro atoms. The first kappa shape index (κ1) is 17.6. The van der Waals surface area contributed by atoms with Gasteiger partial charge in [-0.05, 0) is 24.6 Å². The molecule has 1 atom stereocenters. The second kappa shape index (κ2) is 6.74. The average Bonchev–Trinajstić information content (AvgIpc) is 2.72. The fourth-order valence-corrected chi connectivity index (χ4v) is 3.48. The number of carboxylic acid groups (broad SMARTS) is 1. The van der Waals surface area contributed by atoms with Crippen molar-refractivity contribution in [3.05, 3.63) is 88.5 Å². The topological polar surface area (TPSA) is 101 Å². The van der Waals surface area contributed by atoms with Gasteiger partial charge in [0.15, 0.2) is 11.6 Å². The summed E-state index contributed by atoms with van der Waals surface area (Å²) in [5.74, 6) is -3.07. The lowest BCUT2D eigenvalue weighted by molar-refractivity contribution is -0.141. The number of nitrogens with one attached hydrogen (secondary N) is 1. The highest BCUT2D eigenvalue weighted by molar-refractivity contribution is 6.28. The van der Waals surface area contributed by atoms with Crippen LogP contribution in [0.3, 0.4) is 0 Å². The molecule has 2 aliphatic rings. The number of amides is 1. The van der Waals surface area contributed by atoms with Gasteiger partial charge in [0, 0.05) is 33.5 Å². The molecule has 1 unspecified atom stereocenters. The van der Waals surface area contributed by atoms with Crippen molar-refractivity contribution in [2.45, 2.75) is 6.42 Å². The highest BCUT2D eigenvalue weighted by atomic mass is 16.4. The van der Waals surface area contributed by atoms with Crippen molar-refractivity contribution in [1.82, 2.24) is 0 Å². The molecule has 4 rings (SSSR count). The molecule has 6 nitrogen and oxygen atoms in total. The van der Waals surface area contributed by atoms with Gasteiger partial charge in [0.05, 0.1) is 5.92 Å². The molecule has 0 saturated heterocycles. The minimum atomic E-state index is -1.08. The van der Waals surface area contributed by atoms with E-state index in [1.807, 2.05) is 0 Å². The Labute approximate surface area is 160 Å². The molecule has 2 aromatic rings. The molecule has 2 aliphatic carbocycles. The van der Waals surface area contributed by atoms with Crippen molar-refractivity contribution in [3.63, 3.8) is 0 Å². The van der Waals surface area contributed by atoms with Crippen molar-refractivity contribution >= 4 is 29.1 Å². The van der Waals surface area contributed by atoms with Crippen LogP contribution in [0.2, 0.25) is 0 Å². The monoisotopic (exact) mass is 373 g/mol. The molecule has 0 bridgehead atoms. The van der Waals surface area contributed by atoms with E-state index in [0.29, 0.717) is 16.8 Å². The van der Waals surface area contributed by atoms with Gasteiger partial charge in [-0.3, -0.25) is 19.2 Å². The zero-order valence-corrected chi connectivity index (χ0v) is 14.6. The van der Waals surface area contributed by atoms with Crippen molar-refractivity contribution in [2.75, 3.05) is 5.32 Å². The third kappa shape index (κ3) is 2.85. The Kier molecular flexibility index (Phi) is 4.24. The maximum Gasteiger partial charge on any atom is 0.311 e. The molecular weight excluding hydrogens is 358 g/mol. The van der Waals surface area contributed by atoms with Crippen molar-refractivity contribution in [3.8, 4) is 0 Å². The van der Waals surface area contributed by atoms with Crippen LogP contribution in [0.1, 0.15) is 38.3 Å². The van der Waals surface area contributed by atoms with Crippen LogP contribution in [-0.2, 0) is 9.59 Å². The summed E-state index contributed by atoms with van der Waals surface area (Å²) in [4.78, 5) is 49.3. The average molecular weight is 373 g/mol. The molecule has 138 valence electrons. The molecule has 0 radical (unpaired) electrons. The van der Waals surface area contributed by atoms with E-state index in [1.165, 1.54) is 24.3 Å². The predicted octanol–water partition coefficient (Wildman–Crippen LogP) is 2.99. The highest BCUT2D eigenvalue weighted by Gasteiger charge is 2.31. The summed E-state index contributed by atoms with van der Waals surface area (Å²) in [6.45, 7) is 0. The SMILES string of the molecule is O=C(Nc1ccc2c(c1)C(=O)c1ccccc1C2=O)C1=CC=CCC1C(=O)O. The summed E-state index contributed by atoms with van der Waals surface area (Å²) in [7, 11) is 0. The summed E-state index contributed by atoms with van der Waals surface area (Å²) in [5, 5.41) is 11.9. The molecule has 0 fully saturated rings. The van der Waals surface area contributed by atoms with Crippen LogP contribution in [0, 0.1) is 5.92 Å². The van der Waals surface area contributed by atoms with Crippen molar-refractivity contribution in [2.24, 2.45) is 5.92 Å². The quantitative estimate of drug-likeness (QED) is 0.735. The van der Waals surface area contributed by atoms with Crippen molar-refractivity contribution in [1.29, 1.82) is 0 Å². The Balaban J connectivity index is 1.65. The first-order chi connectivity index (χ1) is 13.5. The van der Waals surface area contributed by atoms with E-state index in [1.54, 1.807) is 36.4 Å². The summed E-state index contributed by atoms with van der Waals surface area (Å²) < 4.78 is 0. The lowest BCUT2D eigenvalue weighted by atomic mass is 9.84. The van der Waals surface area contributed by atoms with Crippen LogP contribution in [0.4, 0.5) is 5.69 Å². The van der Waals surface area contributed by atoms with E-state index >= 15 is 0 Å². The Hall–Kier alpha value is -3.80. The summed E-state index contributed by atoms with van der Waals surface area (Å²) in [6.07, 6.45) is 5.04. The first-order valence-electron chi connectivity index (χ1n) is 8.70. The fraction of sp³-hybridized carbons (Fsp3) is 0.0909.